The van der Waals surface area contributed by atoms with Crippen molar-refractivity contribution in [3.63, 3.8) is 0 Å². The molecule has 0 heterocycles. The molecule has 0 saturated carbocycles. The highest BCUT2D eigenvalue weighted by Crippen LogP contribution is 2.57. The number of nitrogens with zero attached hydrogens (tertiary/aromatic N) is 3. The summed E-state index contributed by atoms with van der Waals surface area (Å²) in [5.41, 5.74) is 25.7. The van der Waals surface area contributed by atoms with Gasteiger partial charge in [-0.05, 0) is 187 Å². The van der Waals surface area contributed by atoms with Crippen molar-refractivity contribution >= 4 is 72.7 Å². The highest BCUT2D eigenvalue weighted by molar-refractivity contribution is 6.25. The van der Waals surface area contributed by atoms with E-state index < -0.39 is 0 Å². The predicted molar refractivity (Wildman–Crippen MR) is 382 cm³/mol. The van der Waals surface area contributed by atoms with E-state index in [4.69, 9.17) is 0 Å². The molecule has 0 saturated heterocycles. The zero-order valence-electron chi connectivity index (χ0n) is 52.3. The number of hydrogen-bond acceptors (Lipinski definition) is 3. The Bertz CT molecular complexity index is 4640. The normalized spacial score (nSPS) is 12.4. The Hall–Kier alpha value is -10.2. The first-order valence-corrected chi connectivity index (χ1v) is 31.7. The van der Waals surface area contributed by atoms with Gasteiger partial charge in [0, 0.05) is 66.8 Å². The molecule has 0 amide bonds. The lowest BCUT2D eigenvalue weighted by molar-refractivity contribution is 0.661. The number of hydrogen-bond donors (Lipinski definition) is 0. The summed E-state index contributed by atoms with van der Waals surface area (Å²) in [4.78, 5) is 7.56. The summed E-state index contributed by atoms with van der Waals surface area (Å²) in [5, 5.41) is 4.57. The van der Waals surface area contributed by atoms with Crippen LogP contribution in [0, 0.1) is 0 Å². The monoisotopic (exact) mass is 1150 g/mol. The molecule has 1 aliphatic carbocycles. The molecule has 0 N–H and O–H groups in total. The van der Waals surface area contributed by atoms with Gasteiger partial charge in [0.15, 0.2) is 0 Å². The Kier molecular flexibility index (Phi) is 14.9. The maximum Gasteiger partial charge on any atom is 0.0620 e. The molecule has 0 unspecified atom stereocenters. The first-order chi connectivity index (χ1) is 43.4. The zero-order chi connectivity index (χ0) is 60.9. The van der Waals surface area contributed by atoms with Crippen LogP contribution in [-0.4, -0.2) is 0 Å². The third kappa shape index (κ3) is 10.5. The lowest BCUT2D eigenvalue weighted by Crippen LogP contribution is -2.17. The molecule has 0 bridgehead atoms. The molecule has 0 aliphatic heterocycles. The van der Waals surface area contributed by atoms with Crippen molar-refractivity contribution in [2.24, 2.45) is 0 Å². The lowest BCUT2D eigenvalue weighted by atomic mass is 9.81. The number of anilines is 9. The van der Waals surface area contributed by atoms with Crippen LogP contribution in [0.4, 0.5) is 51.2 Å². The standard InChI is InChI=1S/C86H75N3/c1-57(2)60-28-40-69(41-29-60)87(70-46-34-66(35-47-70)63-20-12-9-13-21-63)75-52-53-77-79(54-75)85(89(72-44-32-62(33-45-72)59(5)6)74-50-38-68(39-51-74)65-24-16-11-17-25-65)80-55-78-76-26-18-19-27-82(76)86(7,8)83(78)56-81(80)84(77)88(71-42-30-61(31-43-71)58(3)4)73-48-36-67(37-49-73)64-22-14-10-15-23-64/h9-59H,1-8H3. The first kappa shape index (κ1) is 56.6. The van der Waals surface area contributed by atoms with Crippen LogP contribution in [0.2, 0.25) is 0 Å². The highest BCUT2D eigenvalue weighted by Gasteiger charge is 2.37. The second kappa shape index (κ2) is 23.5. The molecule has 0 atom stereocenters. The molecule has 13 aromatic rings. The van der Waals surface area contributed by atoms with Gasteiger partial charge in [0.1, 0.15) is 0 Å². The molecule has 0 fully saturated rings. The SMILES string of the molecule is CC(C)c1ccc(N(c2ccc(-c3ccccc3)cc2)c2ccc3c(N(c4ccc(-c5ccccc5)cc4)c4ccc(C(C)C)cc4)c4cc5c(cc4c(N(c4ccc(-c6ccccc6)cc4)c4ccc(C(C)C)cc4)c3c2)-c2ccccc2C5(C)C)cc1. The number of fused-ring (bicyclic) bond motifs is 5. The Morgan fingerprint density at radius 2 is 0.539 bits per heavy atom. The summed E-state index contributed by atoms with van der Waals surface area (Å²) in [7, 11) is 0. The van der Waals surface area contributed by atoms with Crippen molar-refractivity contribution in [2.75, 3.05) is 14.7 Å². The molecular formula is C86H75N3. The lowest BCUT2D eigenvalue weighted by Gasteiger charge is -2.34. The van der Waals surface area contributed by atoms with Gasteiger partial charge in [-0.2, -0.15) is 0 Å². The minimum Gasteiger partial charge on any atom is -0.310 e. The molecule has 3 heteroatoms. The summed E-state index contributed by atoms with van der Waals surface area (Å²) in [6, 6.07) is 109. The highest BCUT2D eigenvalue weighted by atomic mass is 15.2. The van der Waals surface area contributed by atoms with Gasteiger partial charge in [-0.15, -0.1) is 0 Å². The summed E-state index contributed by atoms with van der Waals surface area (Å²) >= 11 is 0. The second-order valence-corrected chi connectivity index (χ2v) is 25.5. The van der Waals surface area contributed by atoms with E-state index in [1.165, 1.54) is 77.7 Å². The van der Waals surface area contributed by atoms with Gasteiger partial charge in [0.05, 0.1) is 11.4 Å². The van der Waals surface area contributed by atoms with E-state index in [9.17, 15) is 0 Å². The Labute approximate surface area is 526 Å². The largest absolute Gasteiger partial charge is 0.310 e. The van der Waals surface area contributed by atoms with Crippen LogP contribution in [0.1, 0.15) is 101 Å². The third-order valence-electron chi connectivity index (χ3n) is 18.6. The molecule has 13 aromatic carbocycles. The second-order valence-electron chi connectivity index (χ2n) is 25.5. The van der Waals surface area contributed by atoms with Crippen LogP contribution in [0.25, 0.3) is 66.1 Å². The molecule has 1 aliphatic rings. The maximum atomic E-state index is 2.57. The van der Waals surface area contributed by atoms with Crippen molar-refractivity contribution in [1.82, 2.24) is 0 Å². The first-order valence-electron chi connectivity index (χ1n) is 31.7. The molecule has 0 radical (unpaired) electrons. The van der Waals surface area contributed by atoms with Crippen LogP contribution in [0.3, 0.4) is 0 Å². The van der Waals surface area contributed by atoms with E-state index in [0.29, 0.717) is 17.8 Å². The van der Waals surface area contributed by atoms with Crippen LogP contribution in [0.15, 0.2) is 291 Å². The van der Waals surface area contributed by atoms with Crippen LogP contribution >= 0.6 is 0 Å². The fourth-order valence-electron chi connectivity index (χ4n) is 13.6. The molecule has 14 rings (SSSR count). The quantitative estimate of drug-likeness (QED) is 0.0748. The van der Waals surface area contributed by atoms with Gasteiger partial charge in [0.25, 0.3) is 0 Å². The van der Waals surface area contributed by atoms with Gasteiger partial charge in [0.2, 0.25) is 0 Å². The fraction of sp³-hybridized carbons (Fsp3) is 0.140. The summed E-state index contributed by atoms with van der Waals surface area (Å²) in [5.74, 6) is 1.12. The summed E-state index contributed by atoms with van der Waals surface area (Å²) in [6.07, 6.45) is 0. The van der Waals surface area contributed by atoms with Crippen molar-refractivity contribution in [3.8, 4) is 44.5 Å². The molecular weight excluding hydrogens is 1070 g/mol. The molecule has 434 valence electrons. The zero-order valence-corrected chi connectivity index (χ0v) is 52.3. The van der Waals surface area contributed by atoms with E-state index in [0.717, 1.165) is 67.3 Å². The van der Waals surface area contributed by atoms with Crippen LogP contribution in [0.5, 0.6) is 0 Å². The molecule has 0 spiro atoms. The van der Waals surface area contributed by atoms with E-state index in [1.807, 2.05) is 0 Å². The van der Waals surface area contributed by atoms with Crippen molar-refractivity contribution in [3.05, 3.63) is 319 Å². The van der Waals surface area contributed by atoms with Gasteiger partial charge < -0.3 is 14.7 Å². The number of rotatable bonds is 15. The van der Waals surface area contributed by atoms with Crippen molar-refractivity contribution < 1.29 is 0 Å². The smallest absolute Gasteiger partial charge is 0.0620 e. The molecule has 3 nitrogen and oxygen atoms in total. The Morgan fingerprint density at radius 3 is 0.933 bits per heavy atom. The minimum absolute atomic E-state index is 0.279. The van der Waals surface area contributed by atoms with E-state index in [1.54, 1.807) is 0 Å². The van der Waals surface area contributed by atoms with Crippen molar-refractivity contribution in [2.45, 2.75) is 78.6 Å². The van der Waals surface area contributed by atoms with Gasteiger partial charge >= 0.3 is 0 Å². The predicted octanol–water partition coefficient (Wildman–Crippen LogP) is 25.1. The van der Waals surface area contributed by atoms with Gasteiger partial charge in [-0.25, -0.2) is 0 Å². The number of benzene rings is 13. The maximum absolute atomic E-state index is 2.57. The van der Waals surface area contributed by atoms with E-state index in [2.05, 4.69) is 361 Å². The van der Waals surface area contributed by atoms with Crippen molar-refractivity contribution in [1.29, 1.82) is 0 Å². The van der Waals surface area contributed by atoms with E-state index in [-0.39, 0.29) is 5.41 Å². The molecule has 0 aromatic heterocycles. The molecule has 89 heavy (non-hydrogen) atoms. The van der Waals surface area contributed by atoms with Crippen LogP contribution < -0.4 is 14.7 Å². The fourth-order valence-corrected chi connectivity index (χ4v) is 13.6. The average Bonchev–Trinajstić information content (AvgIpc) is 1.72. The minimum atomic E-state index is -0.279. The Balaban J connectivity index is 1.13. The van der Waals surface area contributed by atoms with Gasteiger partial charge in [-0.1, -0.05) is 250 Å². The van der Waals surface area contributed by atoms with Crippen LogP contribution in [-0.2, 0) is 5.41 Å². The Morgan fingerprint density at radius 1 is 0.236 bits per heavy atom. The average molecular weight is 1150 g/mol. The topological polar surface area (TPSA) is 9.72 Å². The van der Waals surface area contributed by atoms with E-state index >= 15 is 0 Å². The summed E-state index contributed by atoms with van der Waals surface area (Å²) in [6.45, 7) is 18.5. The third-order valence-corrected chi connectivity index (χ3v) is 18.6. The van der Waals surface area contributed by atoms with Gasteiger partial charge in [-0.3, -0.25) is 0 Å². The summed E-state index contributed by atoms with van der Waals surface area (Å²) < 4.78 is 0.